The van der Waals surface area contributed by atoms with Gasteiger partial charge in [-0.3, -0.25) is 10.1 Å². The molecule has 0 aliphatic carbocycles. The summed E-state index contributed by atoms with van der Waals surface area (Å²) in [6.07, 6.45) is 2.35. The van der Waals surface area contributed by atoms with Crippen molar-refractivity contribution in [3.8, 4) is 0 Å². The molecule has 1 aliphatic rings. The third kappa shape index (κ3) is 4.01. The molecule has 0 aromatic heterocycles. The predicted molar refractivity (Wildman–Crippen MR) is 73.1 cm³/mol. The van der Waals surface area contributed by atoms with Crippen molar-refractivity contribution in [1.29, 1.82) is 0 Å². The molecule has 5 heteroatoms. The number of nitro groups is 1. The number of rotatable bonds is 5. The Morgan fingerprint density at radius 2 is 2.21 bits per heavy atom. The Morgan fingerprint density at radius 1 is 1.47 bits per heavy atom. The number of nitro benzene ring substituents is 1. The number of nitrogens with one attached hydrogen (secondary N) is 1. The molecule has 0 spiro atoms. The van der Waals surface area contributed by atoms with Crippen LogP contribution in [0.3, 0.4) is 0 Å². The van der Waals surface area contributed by atoms with Gasteiger partial charge in [0.2, 0.25) is 0 Å². The van der Waals surface area contributed by atoms with E-state index in [2.05, 4.69) is 12.2 Å². The maximum atomic E-state index is 10.6. The molecule has 19 heavy (non-hydrogen) atoms. The van der Waals surface area contributed by atoms with E-state index in [1.807, 2.05) is 12.1 Å². The van der Waals surface area contributed by atoms with Crippen LogP contribution in [0.5, 0.6) is 0 Å². The quantitative estimate of drug-likeness (QED) is 0.656. The molecule has 0 amide bonds. The first kappa shape index (κ1) is 14.0. The molecule has 1 aromatic rings. The van der Waals surface area contributed by atoms with Crippen molar-refractivity contribution >= 4 is 5.69 Å². The van der Waals surface area contributed by atoms with Crippen LogP contribution in [0.15, 0.2) is 24.3 Å². The van der Waals surface area contributed by atoms with E-state index >= 15 is 0 Å². The van der Waals surface area contributed by atoms with Crippen LogP contribution in [0.25, 0.3) is 0 Å². The highest BCUT2D eigenvalue weighted by Crippen LogP contribution is 2.19. The average molecular weight is 264 g/mol. The number of hydrogen-bond acceptors (Lipinski definition) is 4. The molecule has 2 rings (SSSR count). The average Bonchev–Trinajstić information content (AvgIpc) is 2.46. The van der Waals surface area contributed by atoms with Crippen LogP contribution in [0.2, 0.25) is 0 Å². The summed E-state index contributed by atoms with van der Waals surface area (Å²) in [5.74, 6) is 0.578. The summed E-state index contributed by atoms with van der Waals surface area (Å²) in [4.78, 5) is 10.2. The lowest BCUT2D eigenvalue weighted by atomic mass is 10.0. The van der Waals surface area contributed by atoms with Crippen molar-refractivity contribution in [3.63, 3.8) is 0 Å². The topological polar surface area (TPSA) is 64.4 Å². The molecule has 1 aliphatic heterocycles. The minimum atomic E-state index is -0.374. The van der Waals surface area contributed by atoms with Crippen LogP contribution >= 0.6 is 0 Å². The van der Waals surface area contributed by atoms with Gasteiger partial charge >= 0.3 is 0 Å². The van der Waals surface area contributed by atoms with Gasteiger partial charge in [-0.25, -0.2) is 0 Å². The van der Waals surface area contributed by atoms with Crippen molar-refractivity contribution in [3.05, 3.63) is 39.9 Å². The van der Waals surface area contributed by atoms with E-state index in [0.29, 0.717) is 5.92 Å². The smallest absolute Gasteiger partial charge is 0.269 e. The Morgan fingerprint density at radius 3 is 2.79 bits per heavy atom. The van der Waals surface area contributed by atoms with E-state index in [0.717, 1.165) is 31.7 Å². The molecule has 1 fully saturated rings. The largest absolute Gasteiger partial charge is 0.381 e. The van der Waals surface area contributed by atoms with E-state index in [9.17, 15) is 10.1 Å². The third-order valence-electron chi connectivity index (χ3n) is 3.57. The van der Waals surface area contributed by atoms with Crippen molar-refractivity contribution in [2.24, 2.45) is 5.92 Å². The van der Waals surface area contributed by atoms with Gasteiger partial charge in [0.25, 0.3) is 5.69 Å². The molecule has 1 aromatic carbocycles. The molecule has 0 radical (unpaired) electrons. The lowest BCUT2D eigenvalue weighted by Gasteiger charge is -2.24. The maximum absolute atomic E-state index is 10.6. The van der Waals surface area contributed by atoms with Crippen LogP contribution in [-0.2, 0) is 4.74 Å². The zero-order chi connectivity index (χ0) is 13.7. The Bertz CT molecular complexity index is 413. The zero-order valence-corrected chi connectivity index (χ0v) is 11.2. The predicted octanol–water partition coefficient (Wildman–Crippen LogP) is 2.67. The molecule has 2 unspecified atom stereocenters. The standard InChI is InChI=1S/C14H20N2O3/c1-11(15-9-12-3-2-8-19-10-12)13-4-6-14(7-5-13)16(17)18/h4-7,11-12,15H,2-3,8-10H2,1H3. The molecular weight excluding hydrogens is 244 g/mol. The van der Waals surface area contributed by atoms with E-state index < -0.39 is 0 Å². The molecular formula is C14H20N2O3. The summed E-state index contributed by atoms with van der Waals surface area (Å²) in [6, 6.07) is 6.93. The maximum Gasteiger partial charge on any atom is 0.269 e. The Kier molecular flexibility index (Phi) is 4.87. The fourth-order valence-electron chi connectivity index (χ4n) is 2.31. The molecule has 1 N–H and O–H groups in total. The number of benzene rings is 1. The Balaban J connectivity index is 1.84. The van der Waals surface area contributed by atoms with E-state index in [-0.39, 0.29) is 16.7 Å². The second kappa shape index (κ2) is 6.63. The lowest BCUT2D eigenvalue weighted by Crippen LogP contribution is -2.30. The Labute approximate surface area is 113 Å². The van der Waals surface area contributed by atoms with Gasteiger partial charge in [-0.2, -0.15) is 0 Å². The van der Waals surface area contributed by atoms with Crippen LogP contribution in [0, 0.1) is 16.0 Å². The summed E-state index contributed by atoms with van der Waals surface area (Å²) in [7, 11) is 0. The van der Waals surface area contributed by atoms with Crippen molar-refractivity contribution in [2.45, 2.75) is 25.8 Å². The fourth-order valence-corrected chi connectivity index (χ4v) is 2.31. The van der Waals surface area contributed by atoms with E-state index in [1.165, 1.54) is 6.42 Å². The molecule has 104 valence electrons. The highest BCUT2D eigenvalue weighted by Gasteiger charge is 2.15. The van der Waals surface area contributed by atoms with Crippen LogP contribution in [-0.4, -0.2) is 24.7 Å². The fraction of sp³-hybridized carbons (Fsp3) is 0.571. The van der Waals surface area contributed by atoms with Gasteiger partial charge in [0, 0.05) is 31.3 Å². The summed E-state index contributed by atoms with van der Waals surface area (Å²) in [6.45, 7) is 4.72. The molecule has 0 saturated carbocycles. The first-order valence-corrected chi connectivity index (χ1v) is 6.72. The summed E-state index contributed by atoms with van der Waals surface area (Å²) >= 11 is 0. The second-order valence-electron chi connectivity index (χ2n) is 5.06. The van der Waals surface area contributed by atoms with Crippen molar-refractivity contribution in [2.75, 3.05) is 19.8 Å². The second-order valence-corrected chi connectivity index (χ2v) is 5.06. The first-order valence-electron chi connectivity index (χ1n) is 6.72. The number of ether oxygens (including phenoxy) is 1. The van der Waals surface area contributed by atoms with Gasteiger partial charge < -0.3 is 10.1 Å². The van der Waals surface area contributed by atoms with E-state index in [4.69, 9.17) is 4.74 Å². The highest BCUT2D eigenvalue weighted by molar-refractivity contribution is 5.33. The van der Waals surface area contributed by atoms with Gasteiger partial charge in [-0.05, 0) is 31.2 Å². The number of nitrogens with zero attached hydrogens (tertiary/aromatic N) is 1. The zero-order valence-electron chi connectivity index (χ0n) is 11.2. The Hall–Kier alpha value is -1.46. The molecule has 1 saturated heterocycles. The van der Waals surface area contributed by atoms with Crippen molar-refractivity contribution < 1.29 is 9.66 Å². The molecule has 0 bridgehead atoms. The minimum absolute atomic E-state index is 0.136. The van der Waals surface area contributed by atoms with Crippen molar-refractivity contribution in [1.82, 2.24) is 5.32 Å². The normalized spacial score (nSPS) is 21.0. The van der Waals surface area contributed by atoms with Crippen LogP contribution < -0.4 is 5.32 Å². The van der Waals surface area contributed by atoms with Gasteiger partial charge in [-0.1, -0.05) is 12.1 Å². The van der Waals surface area contributed by atoms with Gasteiger partial charge in [0.1, 0.15) is 0 Å². The van der Waals surface area contributed by atoms with Crippen LogP contribution in [0.1, 0.15) is 31.4 Å². The first-order chi connectivity index (χ1) is 9.16. The molecule has 2 atom stereocenters. The highest BCUT2D eigenvalue weighted by atomic mass is 16.6. The number of non-ortho nitro benzene ring substituents is 1. The van der Waals surface area contributed by atoms with Gasteiger partial charge in [-0.15, -0.1) is 0 Å². The summed E-state index contributed by atoms with van der Waals surface area (Å²) < 4.78 is 5.45. The minimum Gasteiger partial charge on any atom is -0.381 e. The van der Waals surface area contributed by atoms with Gasteiger partial charge in [0.05, 0.1) is 11.5 Å². The van der Waals surface area contributed by atoms with Gasteiger partial charge in [0.15, 0.2) is 0 Å². The number of hydrogen-bond donors (Lipinski definition) is 1. The third-order valence-corrected chi connectivity index (χ3v) is 3.57. The lowest BCUT2D eigenvalue weighted by molar-refractivity contribution is -0.384. The molecule has 1 heterocycles. The summed E-state index contributed by atoms with van der Waals surface area (Å²) in [5, 5.41) is 14.1. The van der Waals surface area contributed by atoms with Crippen LogP contribution in [0.4, 0.5) is 5.69 Å². The van der Waals surface area contributed by atoms with E-state index in [1.54, 1.807) is 12.1 Å². The SMILES string of the molecule is CC(NCC1CCCOC1)c1ccc([N+](=O)[O-])cc1. The molecule has 5 nitrogen and oxygen atoms in total. The summed E-state index contributed by atoms with van der Waals surface area (Å²) in [5.41, 5.74) is 1.21. The monoisotopic (exact) mass is 264 g/mol.